The Morgan fingerprint density at radius 3 is 2.15 bits per heavy atom. The minimum Gasteiger partial charge on any atom is -0.497 e. The Morgan fingerprint density at radius 1 is 1.04 bits per heavy atom. The molecule has 10 heteroatoms. The van der Waals surface area contributed by atoms with Gasteiger partial charge in [0.15, 0.2) is 5.96 Å². The van der Waals surface area contributed by atoms with Crippen LogP contribution in [0.1, 0.15) is 0 Å². The van der Waals surface area contributed by atoms with E-state index in [0.29, 0.717) is 24.6 Å². The maximum Gasteiger partial charge on any atom is 0.229 e. The van der Waals surface area contributed by atoms with Crippen molar-refractivity contribution in [2.45, 2.75) is 0 Å². The zero-order valence-corrected chi connectivity index (χ0v) is 18.2. The summed E-state index contributed by atoms with van der Waals surface area (Å²) in [4.78, 5) is 4.18. The second-order valence-electron chi connectivity index (χ2n) is 5.37. The highest BCUT2D eigenvalue weighted by Crippen LogP contribution is 2.16. The standard InChI is InChI=1S/C17H22N4O4S.HI/c1-24-15-7-3-13(4-8-15)20-17(18)19-11-12-25-16-9-5-14(6-10-16)21-26(2,22)23;/h3-10,21H,11-12H2,1-2H3,(H3,18,19,20);1H. The molecule has 0 saturated carbocycles. The molecule has 27 heavy (non-hydrogen) atoms. The van der Waals surface area contributed by atoms with Gasteiger partial charge in [0.1, 0.15) is 18.1 Å². The molecule has 0 atom stereocenters. The van der Waals surface area contributed by atoms with Crippen LogP contribution in [0.5, 0.6) is 11.5 Å². The van der Waals surface area contributed by atoms with Gasteiger partial charge in [-0.25, -0.2) is 13.4 Å². The van der Waals surface area contributed by atoms with E-state index in [-0.39, 0.29) is 29.9 Å². The van der Waals surface area contributed by atoms with Gasteiger partial charge in [-0.1, -0.05) is 0 Å². The van der Waals surface area contributed by atoms with Gasteiger partial charge in [-0.2, -0.15) is 0 Å². The summed E-state index contributed by atoms with van der Waals surface area (Å²) in [5.74, 6) is 1.66. The van der Waals surface area contributed by atoms with Crippen LogP contribution in [0.25, 0.3) is 0 Å². The molecule has 0 aliphatic carbocycles. The lowest BCUT2D eigenvalue weighted by molar-refractivity contribution is 0.329. The Kier molecular flexibility index (Phi) is 9.15. The Labute approximate surface area is 176 Å². The summed E-state index contributed by atoms with van der Waals surface area (Å²) in [6.45, 7) is 0.710. The summed E-state index contributed by atoms with van der Waals surface area (Å²) in [7, 11) is -1.68. The third-order valence-corrected chi connectivity index (χ3v) is 3.77. The second-order valence-corrected chi connectivity index (χ2v) is 7.12. The van der Waals surface area contributed by atoms with Crippen molar-refractivity contribution in [1.29, 1.82) is 0 Å². The van der Waals surface area contributed by atoms with Crippen LogP contribution in [0.3, 0.4) is 0 Å². The van der Waals surface area contributed by atoms with E-state index in [2.05, 4.69) is 15.0 Å². The van der Waals surface area contributed by atoms with Gasteiger partial charge in [0, 0.05) is 11.4 Å². The lowest BCUT2D eigenvalue weighted by Crippen LogP contribution is -2.23. The van der Waals surface area contributed by atoms with E-state index in [0.717, 1.165) is 17.7 Å². The number of anilines is 2. The lowest BCUT2D eigenvalue weighted by atomic mass is 10.3. The van der Waals surface area contributed by atoms with E-state index < -0.39 is 10.0 Å². The van der Waals surface area contributed by atoms with E-state index in [4.69, 9.17) is 15.2 Å². The maximum atomic E-state index is 11.1. The van der Waals surface area contributed by atoms with Gasteiger partial charge in [0.05, 0.1) is 19.9 Å². The summed E-state index contributed by atoms with van der Waals surface area (Å²) in [6, 6.07) is 13.9. The third-order valence-electron chi connectivity index (χ3n) is 3.16. The monoisotopic (exact) mass is 506 g/mol. The largest absolute Gasteiger partial charge is 0.497 e. The number of guanidine groups is 1. The maximum absolute atomic E-state index is 11.1. The quantitative estimate of drug-likeness (QED) is 0.219. The van der Waals surface area contributed by atoms with Gasteiger partial charge in [-0.3, -0.25) is 4.72 Å². The van der Waals surface area contributed by atoms with Gasteiger partial charge in [-0.05, 0) is 48.5 Å². The average molecular weight is 506 g/mol. The molecule has 2 rings (SSSR count). The van der Waals surface area contributed by atoms with Crippen molar-refractivity contribution in [3.63, 3.8) is 0 Å². The van der Waals surface area contributed by atoms with E-state index in [9.17, 15) is 8.42 Å². The number of halogens is 1. The minimum atomic E-state index is -3.29. The highest BCUT2D eigenvalue weighted by Gasteiger charge is 2.02. The molecule has 0 saturated heterocycles. The highest BCUT2D eigenvalue weighted by atomic mass is 127. The van der Waals surface area contributed by atoms with Crippen LogP contribution in [-0.4, -0.2) is 40.9 Å². The van der Waals surface area contributed by atoms with Crippen LogP contribution in [0, 0.1) is 0 Å². The first-order valence-electron chi connectivity index (χ1n) is 7.77. The molecule has 8 nitrogen and oxygen atoms in total. The fourth-order valence-corrected chi connectivity index (χ4v) is 2.59. The van der Waals surface area contributed by atoms with Crippen molar-refractivity contribution in [1.82, 2.24) is 0 Å². The van der Waals surface area contributed by atoms with Crippen molar-refractivity contribution in [2.75, 3.05) is 36.6 Å². The molecule has 0 unspecified atom stereocenters. The zero-order valence-electron chi connectivity index (χ0n) is 15.0. The molecule has 4 N–H and O–H groups in total. The van der Waals surface area contributed by atoms with Crippen LogP contribution >= 0.6 is 24.0 Å². The molecule has 0 bridgehead atoms. The Hall–Kier alpha value is -2.21. The van der Waals surface area contributed by atoms with Gasteiger partial charge in [0.25, 0.3) is 0 Å². The minimum absolute atomic E-state index is 0. The normalized spacial score (nSPS) is 11.3. The van der Waals surface area contributed by atoms with Gasteiger partial charge in [-0.15, -0.1) is 24.0 Å². The first-order chi connectivity index (χ1) is 12.4. The predicted octanol–water partition coefficient (Wildman–Crippen LogP) is 2.49. The van der Waals surface area contributed by atoms with Crippen LogP contribution < -0.4 is 25.2 Å². The SMILES string of the molecule is COc1ccc(NC(N)=NCCOc2ccc(NS(C)(=O)=O)cc2)cc1.I. The van der Waals surface area contributed by atoms with Crippen molar-refractivity contribution >= 4 is 51.3 Å². The van der Waals surface area contributed by atoms with Gasteiger partial charge in [0.2, 0.25) is 10.0 Å². The Morgan fingerprint density at radius 2 is 1.59 bits per heavy atom. The van der Waals surface area contributed by atoms with Crippen molar-refractivity contribution < 1.29 is 17.9 Å². The fraction of sp³-hybridized carbons (Fsp3) is 0.235. The number of ether oxygens (including phenoxy) is 2. The van der Waals surface area contributed by atoms with E-state index in [1.807, 2.05) is 24.3 Å². The van der Waals surface area contributed by atoms with Gasteiger partial charge >= 0.3 is 0 Å². The van der Waals surface area contributed by atoms with Crippen molar-refractivity contribution in [2.24, 2.45) is 10.7 Å². The molecule has 0 heterocycles. The van der Waals surface area contributed by atoms with E-state index in [1.54, 1.807) is 31.4 Å². The Balaban J connectivity index is 0.00000364. The number of aliphatic imine (C=N–C) groups is 1. The third kappa shape index (κ3) is 8.82. The first-order valence-corrected chi connectivity index (χ1v) is 9.66. The molecule has 0 aromatic heterocycles. The van der Waals surface area contributed by atoms with Crippen LogP contribution in [0.4, 0.5) is 11.4 Å². The summed E-state index contributed by atoms with van der Waals surface area (Å²) < 4.78 is 35.3. The molecular weight excluding hydrogens is 483 g/mol. The van der Waals surface area contributed by atoms with Gasteiger partial charge < -0.3 is 20.5 Å². The lowest BCUT2D eigenvalue weighted by Gasteiger charge is -2.08. The number of methoxy groups -OCH3 is 1. The van der Waals surface area contributed by atoms with Crippen LogP contribution in [0.2, 0.25) is 0 Å². The molecular formula is C17H23IN4O4S. The molecule has 148 valence electrons. The van der Waals surface area contributed by atoms with Crippen molar-refractivity contribution in [3.8, 4) is 11.5 Å². The van der Waals surface area contributed by atoms with E-state index in [1.165, 1.54) is 0 Å². The highest BCUT2D eigenvalue weighted by molar-refractivity contribution is 14.0. The molecule has 0 aliphatic rings. The van der Waals surface area contributed by atoms with E-state index >= 15 is 0 Å². The predicted molar refractivity (Wildman–Crippen MR) is 119 cm³/mol. The number of sulfonamides is 1. The topological polar surface area (TPSA) is 115 Å². The Bertz CT molecular complexity index is 840. The first kappa shape index (κ1) is 22.8. The summed E-state index contributed by atoms with van der Waals surface area (Å²) in [6.07, 6.45) is 1.10. The smallest absolute Gasteiger partial charge is 0.229 e. The molecule has 0 amide bonds. The molecule has 2 aromatic rings. The summed E-state index contributed by atoms with van der Waals surface area (Å²) in [5, 5.41) is 2.97. The van der Waals surface area contributed by atoms with Crippen LogP contribution in [-0.2, 0) is 10.0 Å². The molecule has 0 aliphatic heterocycles. The number of rotatable bonds is 8. The molecule has 0 radical (unpaired) electrons. The number of nitrogens with two attached hydrogens (primary N) is 1. The van der Waals surface area contributed by atoms with Crippen LogP contribution in [0.15, 0.2) is 53.5 Å². The van der Waals surface area contributed by atoms with Crippen molar-refractivity contribution in [3.05, 3.63) is 48.5 Å². The number of nitrogens with zero attached hydrogens (tertiary/aromatic N) is 1. The second kappa shape index (κ2) is 10.8. The molecule has 0 spiro atoms. The average Bonchev–Trinajstić information content (AvgIpc) is 2.59. The molecule has 2 aromatic carbocycles. The summed E-state index contributed by atoms with van der Waals surface area (Å²) in [5.41, 5.74) is 7.11. The molecule has 0 fully saturated rings. The zero-order chi connectivity index (χ0) is 19.0. The summed E-state index contributed by atoms with van der Waals surface area (Å²) >= 11 is 0. The fourth-order valence-electron chi connectivity index (χ4n) is 2.02. The number of nitrogens with one attached hydrogen (secondary N) is 2. The number of hydrogen-bond donors (Lipinski definition) is 3. The number of hydrogen-bond acceptors (Lipinski definition) is 5. The number of benzene rings is 2.